The minimum atomic E-state index is -3.98. The van der Waals surface area contributed by atoms with E-state index in [0.717, 1.165) is 12.8 Å². The van der Waals surface area contributed by atoms with Crippen LogP contribution in [-0.2, 0) is 14.8 Å². The van der Waals surface area contributed by atoms with Crippen LogP contribution < -0.4 is 9.46 Å². The van der Waals surface area contributed by atoms with Gasteiger partial charge in [-0.15, -0.1) is 0 Å². The molecule has 0 unspecified atom stereocenters. The highest BCUT2D eigenvalue weighted by Gasteiger charge is 2.29. The van der Waals surface area contributed by atoms with Crippen LogP contribution in [0.5, 0.6) is 5.88 Å². The molecule has 1 aliphatic rings. The molecule has 2 aromatic carbocycles. The van der Waals surface area contributed by atoms with E-state index in [9.17, 15) is 8.42 Å². The van der Waals surface area contributed by atoms with Gasteiger partial charge in [0, 0.05) is 18.6 Å². The number of para-hydroxylation sites is 2. The maximum Gasteiger partial charge on any atom is 0.264 e. The number of hydrogen-bond acceptors (Lipinski definition) is 6. The highest BCUT2D eigenvalue weighted by atomic mass is 35.5. The van der Waals surface area contributed by atoms with E-state index in [1.165, 1.54) is 12.1 Å². The largest absolute Gasteiger partial charge is 0.474 e. The van der Waals surface area contributed by atoms with Crippen molar-refractivity contribution >= 4 is 38.5 Å². The van der Waals surface area contributed by atoms with Gasteiger partial charge < -0.3 is 9.47 Å². The predicted octanol–water partition coefficient (Wildman–Crippen LogP) is 4.28. The summed E-state index contributed by atoms with van der Waals surface area (Å²) in [6.45, 7) is 3.85. The Kier molecular flexibility index (Phi) is 5.81. The van der Waals surface area contributed by atoms with Gasteiger partial charge in [-0.1, -0.05) is 42.8 Å². The molecular formula is C21H22ClN3O4S. The number of halogens is 1. The SMILES string of the molecule is CC1(COc2nc3ccccc3nc2NS(=O)(=O)c2ccccc2Cl)CCOCC1. The van der Waals surface area contributed by atoms with Gasteiger partial charge in [-0.25, -0.2) is 18.4 Å². The fraction of sp³-hybridized carbons (Fsp3) is 0.333. The molecule has 9 heteroatoms. The number of rotatable bonds is 6. The van der Waals surface area contributed by atoms with Crippen LogP contribution in [0.1, 0.15) is 19.8 Å². The molecule has 0 atom stereocenters. The van der Waals surface area contributed by atoms with Crippen LogP contribution in [0.25, 0.3) is 11.0 Å². The minimum Gasteiger partial charge on any atom is -0.474 e. The standard InChI is InChI=1S/C21H22ClN3O4S/c1-21(10-12-28-13-11-21)14-29-20-19(23-16-7-3-4-8-17(16)24-20)25-30(26,27)18-9-5-2-6-15(18)22/h2-9H,10-14H2,1H3,(H,23,25). The highest BCUT2D eigenvalue weighted by molar-refractivity contribution is 7.92. The number of fused-ring (bicyclic) bond motifs is 1. The molecule has 1 aromatic heterocycles. The van der Waals surface area contributed by atoms with Crippen LogP contribution in [0.2, 0.25) is 5.02 Å². The smallest absolute Gasteiger partial charge is 0.264 e. The summed E-state index contributed by atoms with van der Waals surface area (Å²) in [5, 5.41) is 0.121. The van der Waals surface area contributed by atoms with Gasteiger partial charge in [0.05, 0.1) is 22.7 Å². The third-order valence-corrected chi connectivity index (χ3v) is 6.99. The topological polar surface area (TPSA) is 90.4 Å². The molecule has 0 saturated carbocycles. The third kappa shape index (κ3) is 4.50. The van der Waals surface area contributed by atoms with Crippen LogP contribution in [0, 0.1) is 5.41 Å². The number of aromatic nitrogens is 2. The number of benzene rings is 2. The lowest BCUT2D eigenvalue weighted by Gasteiger charge is -2.33. The van der Waals surface area contributed by atoms with Gasteiger partial charge in [-0.3, -0.25) is 4.72 Å². The molecule has 30 heavy (non-hydrogen) atoms. The Morgan fingerprint density at radius 3 is 2.40 bits per heavy atom. The molecule has 0 radical (unpaired) electrons. The van der Waals surface area contributed by atoms with Gasteiger partial charge >= 0.3 is 0 Å². The highest BCUT2D eigenvalue weighted by Crippen LogP contribution is 2.33. The van der Waals surface area contributed by atoms with Gasteiger partial charge in [0.2, 0.25) is 5.82 Å². The van der Waals surface area contributed by atoms with E-state index in [-0.39, 0.29) is 27.0 Å². The van der Waals surface area contributed by atoms with Crippen molar-refractivity contribution in [2.45, 2.75) is 24.7 Å². The lowest BCUT2D eigenvalue weighted by Crippen LogP contribution is -2.32. The Bertz CT molecular complexity index is 1160. The number of hydrogen-bond donors (Lipinski definition) is 1. The van der Waals surface area contributed by atoms with Crippen molar-refractivity contribution in [2.75, 3.05) is 24.5 Å². The molecule has 1 N–H and O–H groups in total. The average molecular weight is 448 g/mol. The van der Waals surface area contributed by atoms with E-state index in [0.29, 0.717) is 30.9 Å². The van der Waals surface area contributed by atoms with E-state index in [1.807, 2.05) is 12.1 Å². The van der Waals surface area contributed by atoms with Crippen LogP contribution >= 0.6 is 11.6 Å². The first-order valence-electron chi connectivity index (χ1n) is 9.61. The molecule has 0 aliphatic carbocycles. The van der Waals surface area contributed by atoms with E-state index in [1.54, 1.807) is 24.3 Å². The molecule has 1 fully saturated rings. The van der Waals surface area contributed by atoms with Crippen LogP contribution in [0.15, 0.2) is 53.4 Å². The summed E-state index contributed by atoms with van der Waals surface area (Å²) in [5.41, 5.74) is 1.09. The van der Waals surface area contributed by atoms with Crippen molar-refractivity contribution in [2.24, 2.45) is 5.41 Å². The van der Waals surface area contributed by atoms with Crippen molar-refractivity contribution in [3.63, 3.8) is 0 Å². The quantitative estimate of drug-likeness (QED) is 0.606. The van der Waals surface area contributed by atoms with Crippen molar-refractivity contribution < 1.29 is 17.9 Å². The third-order valence-electron chi connectivity index (χ3n) is 5.15. The molecule has 1 aliphatic heterocycles. The molecule has 1 saturated heterocycles. The molecule has 4 rings (SSSR count). The summed E-state index contributed by atoms with van der Waals surface area (Å²) in [4.78, 5) is 8.93. The summed E-state index contributed by atoms with van der Waals surface area (Å²) in [6, 6.07) is 13.4. The summed E-state index contributed by atoms with van der Waals surface area (Å²) >= 11 is 6.09. The number of anilines is 1. The Labute approximate surface area is 180 Å². The summed E-state index contributed by atoms with van der Waals surface area (Å²) in [7, 11) is -3.98. The maximum absolute atomic E-state index is 12.9. The number of ether oxygens (including phenoxy) is 2. The normalized spacial score (nSPS) is 16.3. The second-order valence-electron chi connectivity index (χ2n) is 7.61. The van der Waals surface area contributed by atoms with E-state index < -0.39 is 10.0 Å². The first-order chi connectivity index (χ1) is 14.4. The first kappa shape index (κ1) is 20.8. The van der Waals surface area contributed by atoms with Crippen LogP contribution in [0.3, 0.4) is 0 Å². The number of nitrogens with zero attached hydrogens (tertiary/aromatic N) is 2. The monoisotopic (exact) mass is 447 g/mol. The molecule has 7 nitrogen and oxygen atoms in total. The molecular weight excluding hydrogens is 426 g/mol. The second kappa shape index (κ2) is 8.37. The summed E-state index contributed by atoms with van der Waals surface area (Å²) < 4.78 is 39.8. The van der Waals surface area contributed by atoms with Gasteiger partial charge in [-0.05, 0) is 37.1 Å². The lowest BCUT2D eigenvalue weighted by molar-refractivity contribution is -0.000355. The fourth-order valence-electron chi connectivity index (χ4n) is 3.25. The lowest BCUT2D eigenvalue weighted by atomic mass is 9.83. The van der Waals surface area contributed by atoms with Gasteiger partial charge in [0.1, 0.15) is 4.90 Å². The zero-order chi connectivity index (χ0) is 21.2. The first-order valence-corrected chi connectivity index (χ1v) is 11.5. The van der Waals surface area contributed by atoms with E-state index >= 15 is 0 Å². The molecule has 158 valence electrons. The van der Waals surface area contributed by atoms with Crippen molar-refractivity contribution in [1.29, 1.82) is 0 Å². The van der Waals surface area contributed by atoms with E-state index in [2.05, 4.69) is 21.6 Å². The minimum absolute atomic E-state index is 0.0317. The molecule has 0 spiro atoms. The van der Waals surface area contributed by atoms with Crippen LogP contribution in [0.4, 0.5) is 5.82 Å². The van der Waals surface area contributed by atoms with Gasteiger partial charge in [0.25, 0.3) is 15.9 Å². The van der Waals surface area contributed by atoms with Crippen molar-refractivity contribution in [3.8, 4) is 5.88 Å². The number of sulfonamides is 1. The predicted molar refractivity (Wildman–Crippen MR) is 115 cm³/mol. The van der Waals surface area contributed by atoms with Gasteiger partial charge in [0.15, 0.2) is 0 Å². The Hall–Kier alpha value is -2.42. The second-order valence-corrected chi connectivity index (χ2v) is 9.67. The Morgan fingerprint density at radius 2 is 1.70 bits per heavy atom. The Morgan fingerprint density at radius 1 is 1.07 bits per heavy atom. The molecule has 3 aromatic rings. The molecule has 0 bridgehead atoms. The number of nitrogens with one attached hydrogen (secondary N) is 1. The van der Waals surface area contributed by atoms with E-state index in [4.69, 9.17) is 21.1 Å². The Balaban J connectivity index is 1.68. The summed E-state index contributed by atoms with van der Waals surface area (Å²) in [5.74, 6) is 0.168. The van der Waals surface area contributed by atoms with Crippen LogP contribution in [-0.4, -0.2) is 38.2 Å². The summed E-state index contributed by atoms with van der Waals surface area (Å²) in [6.07, 6.45) is 1.71. The van der Waals surface area contributed by atoms with Gasteiger partial charge in [-0.2, -0.15) is 0 Å². The molecule has 2 heterocycles. The average Bonchev–Trinajstić information content (AvgIpc) is 2.73. The zero-order valence-corrected chi connectivity index (χ0v) is 18.0. The van der Waals surface area contributed by atoms with Crippen molar-refractivity contribution in [3.05, 3.63) is 53.6 Å². The molecule has 0 amide bonds. The fourth-order valence-corrected chi connectivity index (χ4v) is 4.77. The van der Waals surface area contributed by atoms with Crippen molar-refractivity contribution in [1.82, 2.24) is 9.97 Å². The zero-order valence-electron chi connectivity index (χ0n) is 16.5. The maximum atomic E-state index is 12.9.